The minimum atomic E-state index is -1.07. The summed E-state index contributed by atoms with van der Waals surface area (Å²) in [7, 11) is 0. The standard InChI is InChI=1S/C17H23NO5/c1-17(2,3)23-16(22)18-8-4-5-14(18)11-6-7-13(15(20)21)12(9-11)10-19/h6-7,9,14,19H,4-5,8,10H2,1-3H3,(H,20,21). The van der Waals surface area contributed by atoms with E-state index in [1.54, 1.807) is 17.0 Å². The number of benzene rings is 1. The van der Waals surface area contributed by atoms with Gasteiger partial charge >= 0.3 is 12.1 Å². The molecule has 1 saturated heterocycles. The SMILES string of the molecule is CC(C)(C)OC(=O)N1CCCC1c1ccc(C(=O)O)c(CO)c1. The Kier molecular flexibility index (Phi) is 4.94. The second-order valence-electron chi connectivity index (χ2n) is 6.71. The number of carboxylic acid groups (broad SMARTS) is 1. The molecular formula is C17H23NO5. The molecule has 2 N–H and O–H groups in total. The van der Waals surface area contributed by atoms with Crippen molar-refractivity contribution >= 4 is 12.1 Å². The number of aliphatic hydroxyl groups is 1. The van der Waals surface area contributed by atoms with Gasteiger partial charge < -0.3 is 19.8 Å². The number of ether oxygens (including phenoxy) is 1. The topological polar surface area (TPSA) is 87.1 Å². The molecule has 0 saturated carbocycles. The second-order valence-corrected chi connectivity index (χ2v) is 6.71. The molecule has 1 heterocycles. The van der Waals surface area contributed by atoms with E-state index in [9.17, 15) is 14.7 Å². The first-order valence-electron chi connectivity index (χ1n) is 7.69. The molecule has 0 aromatic heterocycles. The molecule has 0 bridgehead atoms. The van der Waals surface area contributed by atoms with Crippen molar-refractivity contribution in [1.29, 1.82) is 0 Å². The van der Waals surface area contributed by atoms with Crippen molar-refractivity contribution in [2.45, 2.75) is 51.9 Å². The highest BCUT2D eigenvalue weighted by Gasteiger charge is 2.33. The van der Waals surface area contributed by atoms with Crippen LogP contribution in [-0.4, -0.2) is 39.3 Å². The van der Waals surface area contributed by atoms with E-state index in [4.69, 9.17) is 9.84 Å². The van der Waals surface area contributed by atoms with Gasteiger partial charge in [0.1, 0.15) is 5.60 Å². The van der Waals surface area contributed by atoms with Crippen molar-refractivity contribution in [1.82, 2.24) is 4.90 Å². The molecule has 126 valence electrons. The number of carbonyl (C=O) groups is 2. The first-order valence-corrected chi connectivity index (χ1v) is 7.69. The highest BCUT2D eigenvalue weighted by Crippen LogP contribution is 2.34. The lowest BCUT2D eigenvalue weighted by Gasteiger charge is -2.29. The Bertz CT molecular complexity index is 605. The van der Waals surface area contributed by atoms with Gasteiger partial charge in [0.2, 0.25) is 0 Å². The lowest BCUT2D eigenvalue weighted by Crippen LogP contribution is -2.36. The van der Waals surface area contributed by atoms with Crippen LogP contribution < -0.4 is 0 Å². The van der Waals surface area contributed by atoms with Crippen LogP contribution in [0.1, 0.15) is 61.1 Å². The molecule has 2 rings (SSSR count). The molecule has 0 radical (unpaired) electrons. The number of carbonyl (C=O) groups excluding carboxylic acids is 1. The minimum absolute atomic E-state index is 0.0815. The number of hydrogen-bond donors (Lipinski definition) is 2. The van der Waals surface area contributed by atoms with Gasteiger partial charge in [-0.15, -0.1) is 0 Å². The first kappa shape index (κ1) is 17.3. The van der Waals surface area contributed by atoms with Crippen LogP contribution in [0.25, 0.3) is 0 Å². The Morgan fingerprint density at radius 1 is 1.35 bits per heavy atom. The van der Waals surface area contributed by atoms with E-state index in [-0.39, 0.29) is 24.3 Å². The van der Waals surface area contributed by atoms with E-state index in [1.807, 2.05) is 20.8 Å². The third kappa shape index (κ3) is 4.01. The predicted octanol–water partition coefficient (Wildman–Crippen LogP) is 2.95. The Hall–Kier alpha value is -2.08. The van der Waals surface area contributed by atoms with Crippen molar-refractivity contribution in [3.63, 3.8) is 0 Å². The second kappa shape index (κ2) is 6.58. The van der Waals surface area contributed by atoms with E-state index in [0.29, 0.717) is 12.1 Å². The number of aliphatic hydroxyl groups excluding tert-OH is 1. The van der Waals surface area contributed by atoms with Gasteiger partial charge in [-0.1, -0.05) is 12.1 Å². The van der Waals surface area contributed by atoms with Crippen LogP contribution in [0.4, 0.5) is 4.79 Å². The molecule has 1 unspecified atom stereocenters. The summed E-state index contributed by atoms with van der Waals surface area (Å²) in [4.78, 5) is 25.2. The number of nitrogens with zero attached hydrogens (tertiary/aromatic N) is 1. The van der Waals surface area contributed by atoms with Crippen LogP contribution >= 0.6 is 0 Å². The molecule has 6 heteroatoms. The zero-order valence-electron chi connectivity index (χ0n) is 13.7. The highest BCUT2D eigenvalue weighted by molar-refractivity contribution is 5.89. The van der Waals surface area contributed by atoms with Crippen LogP contribution in [0.3, 0.4) is 0 Å². The first-order chi connectivity index (χ1) is 10.7. The summed E-state index contributed by atoms with van der Waals surface area (Å²) in [6.45, 7) is 5.72. The third-order valence-corrected chi connectivity index (χ3v) is 3.80. The number of carboxylic acids is 1. The quantitative estimate of drug-likeness (QED) is 0.894. The minimum Gasteiger partial charge on any atom is -0.478 e. The number of hydrogen-bond acceptors (Lipinski definition) is 4. The fourth-order valence-electron chi connectivity index (χ4n) is 2.81. The van der Waals surface area contributed by atoms with Gasteiger partial charge in [0.25, 0.3) is 0 Å². The number of aromatic carboxylic acids is 1. The smallest absolute Gasteiger partial charge is 0.410 e. The molecule has 1 fully saturated rings. The molecule has 6 nitrogen and oxygen atoms in total. The molecule has 23 heavy (non-hydrogen) atoms. The van der Waals surface area contributed by atoms with Crippen LogP contribution in [0.2, 0.25) is 0 Å². The zero-order valence-corrected chi connectivity index (χ0v) is 13.7. The normalized spacial score (nSPS) is 18.1. The zero-order chi connectivity index (χ0) is 17.2. The van der Waals surface area contributed by atoms with E-state index in [2.05, 4.69) is 0 Å². The Morgan fingerprint density at radius 2 is 2.04 bits per heavy atom. The van der Waals surface area contributed by atoms with Gasteiger partial charge in [0.15, 0.2) is 0 Å². The molecule has 1 aromatic rings. The Balaban J connectivity index is 2.26. The van der Waals surface area contributed by atoms with Gasteiger partial charge in [0.05, 0.1) is 18.2 Å². The van der Waals surface area contributed by atoms with Crippen LogP contribution in [0, 0.1) is 0 Å². The Labute approximate surface area is 135 Å². The maximum absolute atomic E-state index is 12.3. The molecule has 1 aliphatic rings. The average Bonchev–Trinajstić information content (AvgIpc) is 2.94. The summed E-state index contributed by atoms with van der Waals surface area (Å²) in [5.41, 5.74) is 0.694. The summed E-state index contributed by atoms with van der Waals surface area (Å²) in [5.74, 6) is -1.07. The number of likely N-dealkylation sites (tertiary alicyclic amines) is 1. The van der Waals surface area contributed by atoms with E-state index in [0.717, 1.165) is 18.4 Å². The summed E-state index contributed by atoms with van der Waals surface area (Å²) < 4.78 is 5.44. The molecular weight excluding hydrogens is 298 g/mol. The summed E-state index contributed by atoms with van der Waals surface area (Å²) in [5, 5.41) is 18.5. The summed E-state index contributed by atoms with van der Waals surface area (Å²) in [6.07, 6.45) is 1.28. The van der Waals surface area contributed by atoms with Crippen LogP contribution in [-0.2, 0) is 11.3 Å². The monoisotopic (exact) mass is 321 g/mol. The lowest BCUT2D eigenvalue weighted by molar-refractivity contribution is 0.0224. The summed E-state index contributed by atoms with van der Waals surface area (Å²) in [6, 6.07) is 4.69. The molecule has 0 spiro atoms. The molecule has 1 aromatic carbocycles. The third-order valence-electron chi connectivity index (χ3n) is 3.80. The maximum atomic E-state index is 12.3. The van der Waals surface area contributed by atoms with Crippen molar-refractivity contribution in [2.75, 3.05) is 6.54 Å². The van der Waals surface area contributed by atoms with Gasteiger partial charge in [-0.05, 0) is 50.8 Å². The highest BCUT2D eigenvalue weighted by atomic mass is 16.6. The van der Waals surface area contributed by atoms with E-state index in [1.165, 1.54) is 6.07 Å². The van der Waals surface area contributed by atoms with Crippen LogP contribution in [0.15, 0.2) is 18.2 Å². The van der Waals surface area contributed by atoms with Crippen molar-refractivity contribution in [3.8, 4) is 0 Å². The fraction of sp³-hybridized carbons (Fsp3) is 0.529. The van der Waals surface area contributed by atoms with Crippen molar-refractivity contribution in [2.24, 2.45) is 0 Å². The Morgan fingerprint density at radius 3 is 2.61 bits per heavy atom. The summed E-state index contributed by atoms with van der Waals surface area (Å²) >= 11 is 0. The van der Waals surface area contributed by atoms with Gasteiger partial charge in [-0.3, -0.25) is 0 Å². The largest absolute Gasteiger partial charge is 0.478 e. The fourth-order valence-corrected chi connectivity index (χ4v) is 2.81. The van der Waals surface area contributed by atoms with Crippen LogP contribution in [0.5, 0.6) is 0 Å². The lowest BCUT2D eigenvalue weighted by atomic mass is 9.98. The number of rotatable bonds is 3. The van der Waals surface area contributed by atoms with E-state index >= 15 is 0 Å². The number of amides is 1. The molecule has 0 aliphatic carbocycles. The molecule has 1 amide bonds. The van der Waals surface area contributed by atoms with Crippen molar-refractivity contribution < 1.29 is 24.5 Å². The van der Waals surface area contributed by atoms with Gasteiger partial charge in [0, 0.05) is 6.54 Å². The van der Waals surface area contributed by atoms with Gasteiger partial charge in [-0.25, -0.2) is 9.59 Å². The average molecular weight is 321 g/mol. The molecule has 1 atom stereocenters. The van der Waals surface area contributed by atoms with Gasteiger partial charge in [-0.2, -0.15) is 0 Å². The van der Waals surface area contributed by atoms with E-state index < -0.39 is 11.6 Å². The van der Waals surface area contributed by atoms with Crippen molar-refractivity contribution in [3.05, 3.63) is 34.9 Å². The maximum Gasteiger partial charge on any atom is 0.410 e. The molecule has 1 aliphatic heterocycles. The predicted molar refractivity (Wildman–Crippen MR) is 84.2 cm³/mol.